The molecule has 0 unspecified atom stereocenters. The first kappa shape index (κ1) is 13.7. The van der Waals surface area contributed by atoms with Crippen LogP contribution in [0.15, 0.2) is 24.3 Å². The largest absolute Gasteiger partial charge is 0.372 e. The van der Waals surface area contributed by atoms with E-state index in [4.69, 9.17) is 4.74 Å². The lowest BCUT2D eigenvalue weighted by molar-refractivity contribution is -0.120. The van der Waals surface area contributed by atoms with Gasteiger partial charge in [-0.15, -0.1) is 5.10 Å². The van der Waals surface area contributed by atoms with Gasteiger partial charge >= 0.3 is 0 Å². The van der Waals surface area contributed by atoms with Crippen molar-refractivity contribution in [3.8, 4) is 11.4 Å². The lowest BCUT2D eigenvalue weighted by Gasteiger charge is -2.07. The van der Waals surface area contributed by atoms with E-state index < -0.39 is 0 Å². The summed E-state index contributed by atoms with van der Waals surface area (Å²) in [4.78, 5) is 11.7. The summed E-state index contributed by atoms with van der Waals surface area (Å²) in [7, 11) is 0. The van der Waals surface area contributed by atoms with Gasteiger partial charge in [-0.2, -0.15) is 0 Å². The minimum absolute atomic E-state index is 0.0561. The molecule has 7 nitrogen and oxygen atoms in total. The molecule has 1 aliphatic carbocycles. The molecule has 0 aliphatic heterocycles. The standard InChI is InChI=1S/C14H17N5O2/c1-2-21-9-13(20)15-11-5-3-4-10(8-11)14-16-17-18-19(14)12-6-7-12/h3-5,8,12H,2,6-7,9H2,1H3,(H,15,20). The van der Waals surface area contributed by atoms with Crippen molar-refractivity contribution in [2.24, 2.45) is 0 Å². The fourth-order valence-corrected chi connectivity index (χ4v) is 2.08. The Hall–Kier alpha value is -2.28. The van der Waals surface area contributed by atoms with Crippen LogP contribution in [-0.4, -0.2) is 39.3 Å². The maximum atomic E-state index is 11.7. The maximum absolute atomic E-state index is 11.7. The van der Waals surface area contributed by atoms with Gasteiger partial charge in [0.2, 0.25) is 5.91 Å². The first-order chi connectivity index (χ1) is 10.3. The number of rotatable bonds is 6. The van der Waals surface area contributed by atoms with Gasteiger partial charge in [0, 0.05) is 17.9 Å². The molecule has 1 heterocycles. The number of tetrazole rings is 1. The maximum Gasteiger partial charge on any atom is 0.250 e. The van der Waals surface area contributed by atoms with E-state index in [1.165, 1.54) is 0 Å². The highest BCUT2D eigenvalue weighted by Crippen LogP contribution is 2.36. The molecule has 1 fully saturated rings. The van der Waals surface area contributed by atoms with Gasteiger partial charge in [0.25, 0.3) is 0 Å². The van der Waals surface area contributed by atoms with Crippen LogP contribution in [0.25, 0.3) is 11.4 Å². The molecule has 0 spiro atoms. The molecule has 1 aromatic heterocycles. The molecule has 110 valence electrons. The van der Waals surface area contributed by atoms with Gasteiger partial charge in [0.15, 0.2) is 5.82 Å². The van der Waals surface area contributed by atoms with Crippen LogP contribution < -0.4 is 5.32 Å². The summed E-state index contributed by atoms with van der Waals surface area (Å²) >= 11 is 0. The second-order valence-electron chi connectivity index (χ2n) is 4.94. The number of ether oxygens (including phenoxy) is 1. The Labute approximate surface area is 122 Å². The van der Waals surface area contributed by atoms with Gasteiger partial charge in [0.1, 0.15) is 6.61 Å². The minimum atomic E-state index is -0.171. The number of aromatic nitrogens is 4. The van der Waals surface area contributed by atoms with E-state index in [-0.39, 0.29) is 12.5 Å². The van der Waals surface area contributed by atoms with Crippen molar-refractivity contribution in [1.29, 1.82) is 0 Å². The van der Waals surface area contributed by atoms with Crippen LogP contribution in [0.5, 0.6) is 0 Å². The van der Waals surface area contributed by atoms with E-state index >= 15 is 0 Å². The highest BCUT2D eigenvalue weighted by molar-refractivity contribution is 5.92. The quantitative estimate of drug-likeness (QED) is 0.873. The zero-order chi connectivity index (χ0) is 14.7. The molecule has 1 aromatic carbocycles. The van der Waals surface area contributed by atoms with Crippen molar-refractivity contribution >= 4 is 11.6 Å². The zero-order valence-electron chi connectivity index (χ0n) is 11.8. The minimum Gasteiger partial charge on any atom is -0.372 e. The molecule has 0 saturated heterocycles. The predicted octanol–water partition coefficient (Wildman–Crippen LogP) is 1.65. The van der Waals surface area contributed by atoms with Crippen LogP contribution in [0.1, 0.15) is 25.8 Å². The van der Waals surface area contributed by atoms with Gasteiger partial charge < -0.3 is 10.1 Å². The molecule has 0 radical (unpaired) electrons. The number of nitrogens with one attached hydrogen (secondary N) is 1. The average Bonchev–Trinajstić information content (AvgIpc) is 3.22. The normalized spacial score (nSPS) is 14.1. The first-order valence-electron chi connectivity index (χ1n) is 7.04. The average molecular weight is 287 g/mol. The summed E-state index contributed by atoms with van der Waals surface area (Å²) < 4.78 is 6.93. The lowest BCUT2D eigenvalue weighted by Crippen LogP contribution is -2.18. The lowest BCUT2D eigenvalue weighted by atomic mass is 10.2. The molecule has 21 heavy (non-hydrogen) atoms. The third-order valence-corrected chi connectivity index (χ3v) is 3.23. The van der Waals surface area contributed by atoms with Gasteiger partial charge in [0.05, 0.1) is 6.04 Å². The molecular weight excluding hydrogens is 270 g/mol. The van der Waals surface area contributed by atoms with Crippen LogP contribution in [0, 0.1) is 0 Å². The summed E-state index contributed by atoms with van der Waals surface area (Å²) in [6.07, 6.45) is 2.23. The van der Waals surface area contributed by atoms with Crippen molar-refractivity contribution in [2.45, 2.75) is 25.8 Å². The second kappa shape index (κ2) is 6.01. The fourth-order valence-electron chi connectivity index (χ4n) is 2.08. The van der Waals surface area contributed by atoms with Crippen molar-refractivity contribution in [3.63, 3.8) is 0 Å². The summed E-state index contributed by atoms with van der Waals surface area (Å²) in [5.74, 6) is 0.564. The summed E-state index contributed by atoms with van der Waals surface area (Å²) in [6, 6.07) is 7.92. The van der Waals surface area contributed by atoms with Crippen LogP contribution in [0.2, 0.25) is 0 Å². The Morgan fingerprint density at radius 2 is 2.33 bits per heavy atom. The van der Waals surface area contributed by atoms with Gasteiger partial charge in [-0.05, 0) is 42.3 Å². The molecular formula is C14H17N5O2. The first-order valence-corrected chi connectivity index (χ1v) is 7.04. The molecule has 2 aromatic rings. The van der Waals surface area contributed by atoms with Crippen molar-refractivity contribution in [2.75, 3.05) is 18.5 Å². The third-order valence-electron chi connectivity index (χ3n) is 3.23. The van der Waals surface area contributed by atoms with Gasteiger partial charge in [-0.25, -0.2) is 4.68 Å². The van der Waals surface area contributed by atoms with Crippen molar-refractivity contribution in [1.82, 2.24) is 20.2 Å². The number of anilines is 1. The summed E-state index contributed by atoms with van der Waals surface area (Å²) in [5, 5.41) is 14.7. The molecule has 1 saturated carbocycles. The Morgan fingerprint density at radius 1 is 1.48 bits per heavy atom. The number of amides is 1. The number of carbonyl (C=O) groups excluding carboxylic acids is 1. The molecule has 1 N–H and O–H groups in total. The highest BCUT2D eigenvalue weighted by atomic mass is 16.5. The predicted molar refractivity (Wildman–Crippen MR) is 76.6 cm³/mol. The number of carbonyl (C=O) groups is 1. The van der Waals surface area contributed by atoms with E-state index in [1.54, 1.807) is 0 Å². The van der Waals surface area contributed by atoms with Crippen molar-refractivity contribution < 1.29 is 9.53 Å². The molecule has 7 heteroatoms. The van der Waals surface area contributed by atoms with Crippen LogP contribution in [0.3, 0.4) is 0 Å². The van der Waals surface area contributed by atoms with Gasteiger partial charge in [-0.3, -0.25) is 4.79 Å². The molecule has 1 amide bonds. The van der Waals surface area contributed by atoms with Gasteiger partial charge in [-0.1, -0.05) is 12.1 Å². The summed E-state index contributed by atoms with van der Waals surface area (Å²) in [5.41, 5.74) is 1.60. The zero-order valence-corrected chi connectivity index (χ0v) is 11.8. The van der Waals surface area contributed by atoms with E-state index in [1.807, 2.05) is 35.9 Å². The summed E-state index contributed by atoms with van der Waals surface area (Å²) in [6.45, 7) is 2.43. The Balaban J connectivity index is 1.76. The molecule has 3 rings (SSSR count). The fraction of sp³-hybridized carbons (Fsp3) is 0.429. The van der Waals surface area contributed by atoms with Crippen molar-refractivity contribution in [3.05, 3.63) is 24.3 Å². The topological polar surface area (TPSA) is 81.9 Å². The van der Waals surface area contributed by atoms with E-state index in [2.05, 4.69) is 20.8 Å². The Kier molecular flexibility index (Phi) is 3.92. The Morgan fingerprint density at radius 3 is 3.10 bits per heavy atom. The van der Waals surface area contributed by atoms with Crippen LogP contribution in [-0.2, 0) is 9.53 Å². The van der Waals surface area contributed by atoms with E-state index in [0.29, 0.717) is 18.3 Å². The third kappa shape index (κ3) is 3.25. The smallest absolute Gasteiger partial charge is 0.250 e. The van der Waals surface area contributed by atoms with E-state index in [0.717, 1.165) is 24.2 Å². The number of benzene rings is 1. The second-order valence-corrected chi connectivity index (χ2v) is 4.94. The number of nitrogens with zero attached hydrogens (tertiary/aromatic N) is 4. The molecule has 1 aliphatic rings. The van der Waals surface area contributed by atoms with E-state index in [9.17, 15) is 4.79 Å². The van der Waals surface area contributed by atoms with Crippen LogP contribution in [0.4, 0.5) is 5.69 Å². The molecule has 0 bridgehead atoms. The number of hydrogen-bond donors (Lipinski definition) is 1. The van der Waals surface area contributed by atoms with Crippen LogP contribution >= 0.6 is 0 Å². The number of hydrogen-bond acceptors (Lipinski definition) is 5. The highest BCUT2D eigenvalue weighted by Gasteiger charge is 2.28. The SMILES string of the molecule is CCOCC(=O)Nc1cccc(-c2nnnn2C2CC2)c1. The molecule has 0 atom stereocenters. The monoisotopic (exact) mass is 287 g/mol. The Bertz CT molecular complexity index is 636.